The van der Waals surface area contributed by atoms with E-state index in [4.69, 9.17) is 23.2 Å². The van der Waals surface area contributed by atoms with E-state index in [1.165, 1.54) is 123 Å². The third kappa shape index (κ3) is 6.01. The van der Waals surface area contributed by atoms with Crippen LogP contribution in [0, 0.1) is 0 Å². The lowest BCUT2D eigenvalue weighted by Gasteiger charge is -2.44. The summed E-state index contributed by atoms with van der Waals surface area (Å²) in [5, 5.41) is 1.31. The highest BCUT2D eigenvalue weighted by molar-refractivity contribution is 6.43. The minimum atomic E-state index is -0.863. The third-order valence-electron chi connectivity index (χ3n) is 20.3. The highest BCUT2D eigenvalue weighted by Gasteiger charge is 2.56. The molecule has 394 valence electrons. The molecule has 0 atom stereocenters. The lowest BCUT2D eigenvalue weighted by atomic mass is 9.61. The average Bonchev–Trinajstić information content (AvgIpc) is 2.05. The number of para-hydroxylation sites is 4. The van der Waals surface area contributed by atoms with Gasteiger partial charge in [-0.05, 0) is 185 Å². The van der Waals surface area contributed by atoms with Crippen LogP contribution in [-0.4, -0.2) is 0 Å². The number of anilines is 6. The molecule has 11 aromatic carbocycles. The molecule has 0 radical (unpaired) electrons. The van der Waals surface area contributed by atoms with Crippen LogP contribution >= 0.6 is 23.2 Å². The maximum Gasteiger partial charge on any atom is 0.0734 e. The molecule has 82 heavy (non-hydrogen) atoms. The molecule has 0 saturated heterocycles. The lowest BCUT2D eigenvalue weighted by molar-refractivity contribution is 0.631. The maximum absolute atomic E-state index is 8.50. The monoisotopic (exact) mass is 1090 g/mol. The number of nitrogens with zero attached hydrogens (tertiary/aromatic N) is 2. The zero-order valence-electron chi connectivity index (χ0n) is 46.4. The molecule has 0 N–H and O–H groups in total. The molecule has 17 rings (SSSR count). The molecule has 11 aromatic rings. The van der Waals surface area contributed by atoms with Gasteiger partial charge in [0.2, 0.25) is 0 Å². The molecule has 0 saturated carbocycles. The molecule has 2 nitrogen and oxygen atoms in total. The molecule has 2 heterocycles. The van der Waals surface area contributed by atoms with Crippen molar-refractivity contribution in [3.8, 4) is 22.3 Å². The summed E-state index contributed by atoms with van der Waals surface area (Å²) in [4.78, 5) is 5.05. The number of hydrogen-bond acceptors (Lipinski definition) is 2. The average molecular weight is 1090 g/mol. The zero-order valence-corrected chi connectivity index (χ0v) is 47.9. The zero-order chi connectivity index (χ0) is 55.0. The van der Waals surface area contributed by atoms with E-state index in [0.717, 1.165) is 48.2 Å². The Labute approximate surface area is 490 Å². The van der Waals surface area contributed by atoms with Crippen LogP contribution < -0.4 is 9.80 Å². The number of fused-ring (bicyclic) bond motifs is 23. The van der Waals surface area contributed by atoms with Gasteiger partial charge in [-0.15, -0.1) is 0 Å². The highest BCUT2D eigenvalue weighted by Crippen LogP contribution is 2.67. The first-order valence-electron chi connectivity index (χ1n) is 29.2. The van der Waals surface area contributed by atoms with Crippen molar-refractivity contribution < 1.29 is 0 Å². The number of halogens is 2. The van der Waals surface area contributed by atoms with Crippen molar-refractivity contribution in [2.24, 2.45) is 0 Å². The van der Waals surface area contributed by atoms with Gasteiger partial charge in [0, 0.05) is 22.2 Å². The molecule has 4 heteroatoms. The Kier molecular flexibility index (Phi) is 10.1. The van der Waals surface area contributed by atoms with E-state index in [1.807, 2.05) is 0 Å². The molecular weight excluding hydrogens is 1040 g/mol. The van der Waals surface area contributed by atoms with E-state index in [2.05, 4.69) is 268 Å². The number of benzene rings is 11. The van der Waals surface area contributed by atoms with E-state index in [1.54, 1.807) is 0 Å². The largest absolute Gasteiger partial charge is 0.310 e. The summed E-state index contributed by atoms with van der Waals surface area (Å²) in [5.41, 5.74) is 30.3. The second-order valence-corrected chi connectivity index (χ2v) is 25.4. The summed E-state index contributed by atoms with van der Waals surface area (Å²) < 4.78 is 0. The molecule has 0 bridgehead atoms. The van der Waals surface area contributed by atoms with Gasteiger partial charge in [0.1, 0.15) is 0 Å². The Morgan fingerprint density at radius 2 is 0.598 bits per heavy atom. The molecule has 2 aliphatic heterocycles. The van der Waals surface area contributed by atoms with E-state index >= 15 is 0 Å². The number of aryl methyl sites for hydroxylation is 2. The molecule has 0 amide bonds. The number of rotatable bonds is 2. The van der Waals surface area contributed by atoms with E-state index in [9.17, 15) is 0 Å². The minimum Gasteiger partial charge on any atom is -0.310 e. The molecule has 6 aliphatic rings. The number of hydrogen-bond donors (Lipinski definition) is 0. The molecule has 0 unspecified atom stereocenters. The Morgan fingerprint density at radius 1 is 0.293 bits per heavy atom. The summed E-state index contributed by atoms with van der Waals surface area (Å²) >= 11 is 16.9. The standard InChI is InChI=1S/C78H58Cl2N2/c1-75(2)61-29-13-17-33-67(61)81(68-34-18-14-30-62(68)75)49-42-38-48-40-44-56-71(77(65(48)45-49)57-25-9-5-21-51(57)52-22-6-10-26-58(52)77)55-43-39-47-37-41-50(82-69-35-19-15-31-63(69)76(3,4)64-32-16-20-36-70(64)82)46-66(47)78(72(55)74(80)73(56)79)59-27-11-7-23-53(59)54-24-8-12-28-60(54)78/h5-38,41-42,45-46H,39-40,43-44H2,1-4H3. The normalized spacial score (nSPS) is 16.8. The first-order chi connectivity index (χ1) is 40.0. The lowest BCUT2D eigenvalue weighted by Crippen LogP contribution is -2.36. The first-order valence-corrected chi connectivity index (χ1v) is 30.0. The van der Waals surface area contributed by atoms with Gasteiger partial charge >= 0.3 is 0 Å². The maximum atomic E-state index is 8.50. The van der Waals surface area contributed by atoms with Gasteiger partial charge in [-0.25, -0.2) is 0 Å². The van der Waals surface area contributed by atoms with E-state index in [-0.39, 0.29) is 10.8 Å². The van der Waals surface area contributed by atoms with Gasteiger partial charge < -0.3 is 9.80 Å². The van der Waals surface area contributed by atoms with Crippen LogP contribution in [0.25, 0.3) is 22.3 Å². The SMILES string of the molecule is CC1(C)c2ccccc2N(c2ccc3c(c2)C2(c4ccccc4-c4ccccc42)c2c(Cl)c(Cl)c4c(c2CC3)C2(c3cc(N5c6ccccc6C(C)(C)c6ccccc65)ccc3CC4)c3ccccc3-c3ccccc32)c2ccccc21. The fourth-order valence-corrected chi connectivity index (χ4v) is 17.6. The summed E-state index contributed by atoms with van der Waals surface area (Å²) in [7, 11) is 0. The second kappa shape index (κ2) is 17.1. The van der Waals surface area contributed by atoms with E-state index < -0.39 is 10.8 Å². The summed E-state index contributed by atoms with van der Waals surface area (Å²) in [6, 6.07) is 87.7. The van der Waals surface area contributed by atoms with Gasteiger partial charge in [0.25, 0.3) is 0 Å². The van der Waals surface area contributed by atoms with Crippen molar-refractivity contribution in [1.82, 2.24) is 0 Å². The van der Waals surface area contributed by atoms with Gasteiger partial charge in [-0.1, -0.05) is 233 Å². The Hall–Kier alpha value is -8.40. The molecule has 0 aromatic heterocycles. The van der Waals surface area contributed by atoms with Crippen molar-refractivity contribution in [3.63, 3.8) is 0 Å². The quantitative estimate of drug-likeness (QED) is 0.170. The highest BCUT2D eigenvalue weighted by atomic mass is 35.5. The predicted molar refractivity (Wildman–Crippen MR) is 340 cm³/mol. The van der Waals surface area contributed by atoms with Crippen molar-refractivity contribution in [1.29, 1.82) is 0 Å². The van der Waals surface area contributed by atoms with Crippen LogP contribution in [0.1, 0.15) is 117 Å². The Morgan fingerprint density at radius 3 is 0.963 bits per heavy atom. The topological polar surface area (TPSA) is 6.48 Å². The van der Waals surface area contributed by atoms with Gasteiger partial charge in [0.15, 0.2) is 0 Å². The van der Waals surface area contributed by atoms with Crippen molar-refractivity contribution in [2.45, 2.75) is 75.0 Å². The fourth-order valence-electron chi connectivity index (χ4n) is 16.9. The van der Waals surface area contributed by atoms with Crippen LogP contribution in [0.15, 0.2) is 231 Å². The van der Waals surface area contributed by atoms with Crippen LogP contribution in [0.3, 0.4) is 0 Å². The van der Waals surface area contributed by atoms with Crippen molar-refractivity contribution >= 4 is 57.3 Å². The summed E-state index contributed by atoms with van der Waals surface area (Å²) in [6.07, 6.45) is 3.12. The molecule has 4 aliphatic carbocycles. The van der Waals surface area contributed by atoms with Gasteiger partial charge in [-0.3, -0.25) is 0 Å². The van der Waals surface area contributed by atoms with Crippen LogP contribution in [0.5, 0.6) is 0 Å². The molecular formula is C78H58Cl2N2. The van der Waals surface area contributed by atoms with Gasteiger partial charge in [-0.2, -0.15) is 0 Å². The third-order valence-corrected chi connectivity index (χ3v) is 21.2. The van der Waals surface area contributed by atoms with Crippen molar-refractivity contribution in [3.05, 3.63) is 330 Å². The fraction of sp³-hybridized carbons (Fsp3) is 0.154. The molecule has 2 spiro atoms. The smallest absolute Gasteiger partial charge is 0.0734 e. The van der Waals surface area contributed by atoms with Crippen molar-refractivity contribution in [2.75, 3.05) is 9.80 Å². The van der Waals surface area contributed by atoms with Crippen LogP contribution in [0.2, 0.25) is 10.0 Å². The summed E-state index contributed by atoms with van der Waals surface area (Å²) in [6.45, 7) is 9.48. The Bertz CT molecular complexity index is 4410. The van der Waals surface area contributed by atoms with E-state index in [0.29, 0.717) is 10.0 Å². The molecule has 0 fully saturated rings. The van der Waals surface area contributed by atoms with Crippen LogP contribution in [-0.2, 0) is 47.3 Å². The first kappa shape index (κ1) is 48.3. The van der Waals surface area contributed by atoms with Crippen LogP contribution in [0.4, 0.5) is 34.1 Å². The second-order valence-electron chi connectivity index (χ2n) is 24.7. The minimum absolute atomic E-state index is 0.197. The Balaban J connectivity index is 1.00. The van der Waals surface area contributed by atoms with Gasteiger partial charge in [0.05, 0.1) is 43.6 Å². The predicted octanol–water partition coefficient (Wildman–Crippen LogP) is 20.1. The summed E-state index contributed by atoms with van der Waals surface area (Å²) in [5.74, 6) is 0.